The molecule has 384 valence electrons. The number of thiazole rings is 2. The van der Waals surface area contributed by atoms with Crippen molar-refractivity contribution in [1.29, 1.82) is 0 Å². The minimum atomic E-state index is -1.02. The topological polar surface area (TPSA) is 262 Å². The normalized spacial score (nSPS) is 13.8. The predicted octanol–water partition coefficient (Wildman–Crippen LogP) is 1.76. The molecule has 2 aliphatic heterocycles. The Morgan fingerprint density at radius 1 is 0.500 bits per heavy atom. The number of carboxylic acid groups (broad SMARTS) is 6. The standard InChI is InChI=1S/C27H24N4O8S2.C23H18N2O4S2.BrH.ClH/c32-24(33)12-28-16-6-8-20-18(10-16)30(14-26(36)37)22(40-20)4-2-1-3-5-23-31(15-27(38)39)19-11-17(29-13-25(34)35)7-9-21(19)41-23;26-22(27)14-24-16-8-4-6-10-18(16)30-20(24)12-2-1-3-13-21-25(15-23(28)29)17-9-5-7-11-19(17)31-21;;/h1-11,28-29H,12-15H2,(H3-,32,33,34,35,36,37,38,39);1-13H,14-15H2,(H-,26,27,28,29);2*1H. The number of anilines is 4. The van der Waals surface area contributed by atoms with Gasteiger partial charge in [-0.1, -0.05) is 107 Å². The van der Waals surface area contributed by atoms with Gasteiger partial charge in [0.25, 0.3) is 10.0 Å². The van der Waals surface area contributed by atoms with Crippen molar-refractivity contribution in [3.05, 3.63) is 154 Å². The molecule has 0 aliphatic carbocycles. The van der Waals surface area contributed by atoms with Crippen molar-refractivity contribution in [2.45, 2.75) is 22.9 Å². The number of para-hydroxylation sites is 2. The average molecular weight is 1160 g/mol. The largest absolute Gasteiger partial charge is 1.00 e. The summed E-state index contributed by atoms with van der Waals surface area (Å²) < 4.78 is 5.27. The molecular weight excluding hydrogens is 1120 g/mol. The fourth-order valence-corrected chi connectivity index (χ4v) is 11.5. The molecule has 8 N–H and O–H groups in total. The molecule has 4 aromatic carbocycles. The molecule has 0 amide bonds. The van der Waals surface area contributed by atoms with Crippen LogP contribution in [-0.2, 0) is 41.9 Å². The Kier molecular flexibility index (Phi) is 21.0. The summed E-state index contributed by atoms with van der Waals surface area (Å²) in [5, 5.41) is 63.8. The van der Waals surface area contributed by atoms with Crippen LogP contribution in [0, 0.1) is 0 Å². The van der Waals surface area contributed by atoms with Crippen LogP contribution in [0.5, 0.6) is 0 Å². The maximum Gasteiger partial charge on any atom is 0.370 e. The Morgan fingerprint density at radius 2 is 0.973 bits per heavy atom. The minimum absolute atomic E-state index is 0. The van der Waals surface area contributed by atoms with E-state index in [4.69, 9.17) is 10.2 Å². The summed E-state index contributed by atoms with van der Waals surface area (Å²) in [4.78, 5) is 72.7. The van der Waals surface area contributed by atoms with Crippen molar-refractivity contribution in [3.63, 3.8) is 0 Å². The number of halogens is 2. The lowest BCUT2D eigenvalue weighted by molar-refractivity contribution is -0.657. The van der Waals surface area contributed by atoms with E-state index in [0.29, 0.717) is 32.6 Å². The van der Waals surface area contributed by atoms with Crippen LogP contribution in [0.2, 0.25) is 0 Å². The summed E-state index contributed by atoms with van der Waals surface area (Å²) >= 11 is 5.84. The molecule has 0 fully saturated rings. The highest BCUT2D eigenvalue weighted by atomic mass is 79.9. The molecule has 0 atom stereocenters. The number of nitrogens with zero attached hydrogens (tertiary/aromatic N) is 4. The number of hydrogen-bond donors (Lipinski definition) is 8. The molecule has 0 unspecified atom stereocenters. The van der Waals surface area contributed by atoms with E-state index in [-0.39, 0.29) is 68.7 Å². The molecule has 0 radical (unpaired) electrons. The van der Waals surface area contributed by atoms with Gasteiger partial charge in [0.05, 0.1) is 21.4 Å². The number of hydrogen-bond acceptors (Lipinski definition) is 14. The van der Waals surface area contributed by atoms with Gasteiger partial charge >= 0.3 is 35.8 Å². The van der Waals surface area contributed by atoms with E-state index in [0.717, 1.165) is 40.4 Å². The van der Waals surface area contributed by atoms with Crippen molar-refractivity contribution in [2.75, 3.05) is 46.6 Å². The fourth-order valence-electron chi connectivity index (χ4n) is 7.25. The molecule has 0 saturated carbocycles. The number of thioether (sulfide) groups is 2. The summed E-state index contributed by atoms with van der Waals surface area (Å²) in [5.41, 5.74) is 4.21. The summed E-state index contributed by atoms with van der Waals surface area (Å²) in [7, 11) is 0. The second kappa shape index (κ2) is 27.0. The van der Waals surface area contributed by atoms with E-state index >= 15 is 0 Å². The summed E-state index contributed by atoms with van der Waals surface area (Å²) in [6.07, 6.45) is 18.1. The maximum absolute atomic E-state index is 11.5. The first-order valence-corrected chi connectivity index (χ1v) is 24.8. The summed E-state index contributed by atoms with van der Waals surface area (Å²) in [6, 6.07) is 25.9. The van der Waals surface area contributed by atoms with Gasteiger partial charge in [0.1, 0.15) is 35.6 Å². The number of aromatic nitrogens is 2. The van der Waals surface area contributed by atoms with E-state index in [1.54, 1.807) is 85.7 Å². The van der Waals surface area contributed by atoms with Crippen LogP contribution in [0.1, 0.15) is 10.0 Å². The Labute approximate surface area is 455 Å². The van der Waals surface area contributed by atoms with Gasteiger partial charge < -0.3 is 80.5 Å². The molecule has 24 heteroatoms. The first-order valence-electron chi connectivity index (χ1n) is 21.5. The average Bonchev–Trinajstić information content (AvgIpc) is 4.07. The molecule has 0 saturated heterocycles. The zero-order valence-electron chi connectivity index (χ0n) is 38.4. The van der Waals surface area contributed by atoms with E-state index < -0.39 is 35.8 Å². The third kappa shape index (κ3) is 15.3. The van der Waals surface area contributed by atoms with Crippen molar-refractivity contribution < 1.29 is 97.9 Å². The van der Waals surface area contributed by atoms with Gasteiger partial charge in [-0.15, -0.1) is 0 Å². The van der Waals surface area contributed by atoms with Crippen LogP contribution < -0.4 is 59.0 Å². The number of rotatable bonds is 20. The van der Waals surface area contributed by atoms with Gasteiger partial charge in [0, 0.05) is 45.5 Å². The number of aliphatic carboxylic acids is 6. The van der Waals surface area contributed by atoms with Gasteiger partial charge in [-0.3, -0.25) is 19.2 Å². The Balaban J connectivity index is 0.000000276. The van der Waals surface area contributed by atoms with E-state index in [1.807, 2.05) is 78.9 Å². The van der Waals surface area contributed by atoms with Gasteiger partial charge in [-0.2, -0.15) is 9.13 Å². The van der Waals surface area contributed by atoms with Crippen LogP contribution in [-0.4, -0.2) is 92.6 Å². The van der Waals surface area contributed by atoms with Crippen molar-refractivity contribution in [1.82, 2.24) is 0 Å². The molecule has 8 rings (SSSR count). The highest BCUT2D eigenvalue weighted by Crippen LogP contribution is 2.47. The Morgan fingerprint density at radius 3 is 1.53 bits per heavy atom. The monoisotopic (exact) mass is 1160 g/mol. The number of allylic oxidation sites excluding steroid dienone is 8. The molecule has 2 aliphatic rings. The van der Waals surface area contributed by atoms with Gasteiger partial charge in [-0.05, 0) is 60.7 Å². The predicted molar refractivity (Wildman–Crippen MR) is 279 cm³/mol. The smallest absolute Gasteiger partial charge is 0.370 e. The lowest BCUT2D eigenvalue weighted by atomic mass is 10.2. The zero-order chi connectivity index (χ0) is 51.3. The zero-order valence-corrected chi connectivity index (χ0v) is 44.0. The number of nitrogens with one attached hydrogen (secondary N) is 2. The third-order valence-corrected chi connectivity index (χ3v) is 14.7. The molecular formula is C50H44BrClN6O12S4. The minimum Gasteiger partial charge on any atom is -1.00 e. The van der Waals surface area contributed by atoms with E-state index in [2.05, 4.69) is 10.6 Å². The van der Waals surface area contributed by atoms with Crippen molar-refractivity contribution in [2.24, 2.45) is 0 Å². The van der Waals surface area contributed by atoms with Gasteiger partial charge in [0.2, 0.25) is 24.1 Å². The van der Waals surface area contributed by atoms with Gasteiger partial charge in [0.15, 0.2) is 0 Å². The van der Waals surface area contributed by atoms with Crippen LogP contribution in [0.4, 0.5) is 22.7 Å². The first-order chi connectivity index (χ1) is 34.6. The SMILES string of the molecule is O=C(O)CN1C(=CC=CC=Cc2sc3ccccc3[n+]2CC(=O)O)Sc2ccccc21.O=C(O)CNc1ccc2c(c1)N(CC(=O)O)C(=CC=CC=Cc1sc3ccc(NCC(=O)O)cc3[n+]1CC(=O)O)S2.[Br-].[Cl-]. The highest BCUT2D eigenvalue weighted by Gasteiger charge is 2.28. The van der Waals surface area contributed by atoms with Crippen molar-refractivity contribution in [3.8, 4) is 0 Å². The van der Waals surface area contributed by atoms with E-state index in [1.165, 1.54) is 46.2 Å². The van der Waals surface area contributed by atoms with Gasteiger partial charge in [-0.25, -0.2) is 9.59 Å². The molecule has 0 spiro atoms. The first kappa shape index (κ1) is 57.5. The molecule has 74 heavy (non-hydrogen) atoms. The Hall–Kier alpha value is -7.41. The quantitative estimate of drug-likeness (QED) is 0.0400. The number of carbonyl (C=O) groups is 6. The Bertz CT molecular complexity index is 3300. The molecule has 6 aromatic rings. The third-order valence-electron chi connectivity index (χ3n) is 10.2. The van der Waals surface area contributed by atoms with Crippen molar-refractivity contribution >= 4 is 137 Å². The summed E-state index contributed by atoms with van der Waals surface area (Å²) in [6.45, 7) is -1.29. The second-order valence-electron chi connectivity index (χ2n) is 15.3. The number of fused-ring (bicyclic) bond motifs is 4. The molecule has 0 bridgehead atoms. The molecule has 18 nitrogen and oxygen atoms in total. The van der Waals surface area contributed by atoms with Crippen LogP contribution in [0.15, 0.2) is 153 Å². The molecule has 2 aromatic heterocycles. The van der Waals surface area contributed by atoms with Crippen LogP contribution in [0.3, 0.4) is 0 Å². The lowest BCUT2D eigenvalue weighted by Crippen LogP contribution is -3.00. The summed E-state index contributed by atoms with van der Waals surface area (Å²) in [5.74, 6) is -5.85. The molecule has 4 heterocycles. The second-order valence-corrected chi connectivity index (χ2v) is 19.5. The number of carboxylic acids is 6. The van der Waals surface area contributed by atoms with E-state index in [9.17, 15) is 49.2 Å². The maximum atomic E-state index is 11.5. The van der Waals surface area contributed by atoms with Crippen LogP contribution in [0.25, 0.3) is 32.6 Å². The number of benzene rings is 4. The van der Waals surface area contributed by atoms with Crippen LogP contribution >= 0.6 is 46.2 Å². The highest BCUT2D eigenvalue weighted by molar-refractivity contribution is 8.04. The lowest BCUT2D eigenvalue weighted by Gasteiger charge is -2.18. The fraction of sp³-hybridized carbons (Fsp3) is 0.120.